The zero-order chi connectivity index (χ0) is 26.1. The molecule has 2 aromatic heterocycles. The fourth-order valence-corrected chi connectivity index (χ4v) is 4.88. The van der Waals surface area contributed by atoms with Crippen LogP contribution in [0.4, 0.5) is 0 Å². The minimum atomic E-state index is -1.06. The molecular weight excluding hydrogens is 468 g/mol. The van der Waals surface area contributed by atoms with Gasteiger partial charge in [-0.05, 0) is 34.9 Å². The number of rotatable bonds is 8. The second-order valence-electron chi connectivity index (χ2n) is 9.23. The zero-order valence-corrected chi connectivity index (χ0v) is 20.8. The number of aromatic nitrogens is 4. The summed E-state index contributed by atoms with van der Waals surface area (Å²) in [5.74, 6) is -1.06. The highest BCUT2D eigenvalue weighted by atomic mass is 16.4. The Labute approximate surface area is 213 Å². The first-order chi connectivity index (χ1) is 17.9. The summed E-state index contributed by atoms with van der Waals surface area (Å²) in [5.41, 5.74) is 1.62. The summed E-state index contributed by atoms with van der Waals surface area (Å²) in [4.78, 5) is 38.4. The molecule has 3 aromatic carbocycles. The number of nitrogens with zero attached hydrogens (tertiary/aromatic N) is 4. The van der Waals surface area contributed by atoms with Gasteiger partial charge in [-0.3, -0.25) is 18.6 Å². The van der Waals surface area contributed by atoms with E-state index >= 15 is 0 Å². The molecule has 1 N–H and O–H groups in total. The molecule has 8 heteroatoms. The summed E-state index contributed by atoms with van der Waals surface area (Å²) >= 11 is 0. The summed E-state index contributed by atoms with van der Waals surface area (Å²) < 4.78 is 4.41. The van der Waals surface area contributed by atoms with Crippen molar-refractivity contribution < 1.29 is 9.90 Å². The van der Waals surface area contributed by atoms with E-state index < -0.39 is 17.2 Å². The van der Waals surface area contributed by atoms with Crippen molar-refractivity contribution in [2.45, 2.75) is 39.3 Å². The third-order valence-electron chi connectivity index (χ3n) is 6.79. The number of hydrogen-bond donors (Lipinski definition) is 1. The SMILES string of the molecule is CCCCCn1c(=O)n(C)c(=O)c2c(-c3cccc(C(=O)O)c3)n(Cc3cccc4ccccc34)nc21. The molecule has 0 aliphatic rings. The Morgan fingerprint density at radius 3 is 2.51 bits per heavy atom. The van der Waals surface area contributed by atoms with Gasteiger partial charge < -0.3 is 5.11 Å². The van der Waals surface area contributed by atoms with Gasteiger partial charge in [0.1, 0.15) is 5.39 Å². The third-order valence-corrected chi connectivity index (χ3v) is 6.79. The maximum atomic E-state index is 13.5. The van der Waals surface area contributed by atoms with E-state index in [0.717, 1.165) is 40.2 Å². The molecule has 0 aliphatic heterocycles. The average Bonchev–Trinajstić information content (AvgIpc) is 3.28. The normalized spacial score (nSPS) is 11.4. The van der Waals surface area contributed by atoms with Gasteiger partial charge in [0.25, 0.3) is 5.56 Å². The second-order valence-corrected chi connectivity index (χ2v) is 9.23. The van der Waals surface area contributed by atoms with Crippen LogP contribution >= 0.6 is 0 Å². The quantitative estimate of drug-likeness (QED) is 0.315. The Balaban J connectivity index is 1.81. The van der Waals surface area contributed by atoms with Gasteiger partial charge in [0, 0.05) is 19.2 Å². The lowest BCUT2D eigenvalue weighted by atomic mass is 10.0. The summed E-state index contributed by atoms with van der Waals surface area (Å²) in [6.07, 6.45) is 2.72. The molecule has 0 amide bonds. The standard InChI is InChI=1S/C29H28N4O4/c1-3-4-7-16-32-26-24(27(34)31(2)29(32)37)25(20-12-9-13-21(17-20)28(35)36)33(30-26)18-22-14-8-11-19-10-5-6-15-23(19)22/h5-6,8-15,17H,3-4,7,16,18H2,1-2H3,(H,35,36). The largest absolute Gasteiger partial charge is 0.478 e. The second kappa shape index (κ2) is 9.89. The molecule has 0 fully saturated rings. The van der Waals surface area contributed by atoms with Crippen molar-refractivity contribution in [2.75, 3.05) is 0 Å². The predicted octanol–water partition coefficient (Wildman–Crippen LogP) is 4.65. The van der Waals surface area contributed by atoms with E-state index in [4.69, 9.17) is 5.10 Å². The van der Waals surface area contributed by atoms with Crippen molar-refractivity contribution in [2.24, 2.45) is 7.05 Å². The molecule has 0 aliphatic carbocycles. The number of carboxylic acids is 1. The molecule has 5 aromatic rings. The molecule has 0 unspecified atom stereocenters. The van der Waals surface area contributed by atoms with Crippen LogP contribution < -0.4 is 11.2 Å². The number of unbranched alkanes of at least 4 members (excludes halogenated alkanes) is 2. The number of aryl methyl sites for hydroxylation is 1. The van der Waals surface area contributed by atoms with E-state index in [1.807, 2.05) is 42.5 Å². The van der Waals surface area contributed by atoms with E-state index in [-0.39, 0.29) is 5.56 Å². The summed E-state index contributed by atoms with van der Waals surface area (Å²) in [6, 6.07) is 20.5. The molecule has 0 spiro atoms. The monoisotopic (exact) mass is 496 g/mol. The van der Waals surface area contributed by atoms with Gasteiger partial charge in [0.2, 0.25) is 0 Å². The number of carboxylic acid groups (broad SMARTS) is 1. The van der Waals surface area contributed by atoms with Crippen LogP contribution in [0.2, 0.25) is 0 Å². The lowest BCUT2D eigenvalue weighted by Crippen LogP contribution is -2.38. The highest BCUT2D eigenvalue weighted by Crippen LogP contribution is 2.29. The molecule has 2 heterocycles. The number of aromatic carboxylic acids is 1. The molecule has 0 saturated carbocycles. The first-order valence-corrected chi connectivity index (χ1v) is 12.4. The van der Waals surface area contributed by atoms with Crippen LogP contribution in [0.25, 0.3) is 33.1 Å². The van der Waals surface area contributed by atoms with Gasteiger partial charge in [0.15, 0.2) is 5.65 Å². The van der Waals surface area contributed by atoms with Crippen LogP contribution in [0.5, 0.6) is 0 Å². The molecule has 5 rings (SSSR count). The molecule has 37 heavy (non-hydrogen) atoms. The van der Waals surface area contributed by atoms with Crippen molar-refractivity contribution in [1.82, 2.24) is 18.9 Å². The number of hydrogen-bond acceptors (Lipinski definition) is 4. The number of fused-ring (bicyclic) bond motifs is 2. The Bertz CT molecular complexity index is 1750. The van der Waals surface area contributed by atoms with Crippen molar-refractivity contribution in [3.8, 4) is 11.3 Å². The fraction of sp³-hybridized carbons (Fsp3) is 0.241. The molecule has 0 bridgehead atoms. The maximum absolute atomic E-state index is 13.5. The Kier molecular flexibility index (Phi) is 6.48. The van der Waals surface area contributed by atoms with Gasteiger partial charge in [-0.2, -0.15) is 5.10 Å². The van der Waals surface area contributed by atoms with Crippen LogP contribution in [0.3, 0.4) is 0 Å². The molecule has 8 nitrogen and oxygen atoms in total. The number of carbonyl (C=O) groups is 1. The van der Waals surface area contributed by atoms with Crippen LogP contribution in [-0.2, 0) is 20.1 Å². The van der Waals surface area contributed by atoms with Crippen molar-refractivity contribution in [3.63, 3.8) is 0 Å². The first-order valence-electron chi connectivity index (χ1n) is 12.4. The highest BCUT2D eigenvalue weighted by molar-refractivity contribution is 5.94. The van der Waals surface area contributed by atoms with E-state index in [2.05, 4.69) is 6.92 Å². The molecule has 0 radical (unpaired) electrons. The molecular formula is C29H28N4O4. The van der Waals surface area contributed by atoms with Crippen LogP contribution in [0.15, 0.2) is 76.3 Å². The Morgan fingerprint density at radius 2 is 1.73 bits per heavy atom. The minimum Gasteiger partial charge on any atom is -0.478 e. The zero-order valence-electron chi connectivity index (χ0n) is 20.8. The fourth-order valence-electron chi connectivity index (χ4n) is 4.88. The average molecular weight is 497 g/mol. The Hall–Kier alpha value is -4.46. The van der Waals surface area contributed by atoms with Gasteiger partial charge in [0.05, 0.1) is 17.8 Å². The Morgan fingerprint density at radius 1 is 0.973 bits per heavy atom. The minimum absolute atomic E-state index is 0.108. The number of benzene rings is 3. The maximum Gasteiger partial charge on any atom is 0.335 e. The van der Waals surface area contributed by atoms with Crippen LogP contribution in [-0.4, -0.2) is 30.0 Å². The molecule has 188 valence electrons. The van der Waals surface area contributed by atoms with E-state index in [1.165, 1.54) is 13.1 Å². The van der Waals surface area contributed by atoms with Gasteiger partial charge in [-0.25, -0.2) is 9.59 Å². The smallest absolute Gasteiger partial charge is 0.335 e. The van der Waals surface area contributed by atoms with Crippen LogP contribution in [0, 0.1) is 0 Å². The summed E-state index contributed by atoms with van der Waals surface area (Å²) in [6.45, 7) is 2.87. The van der Waals surface area contributed by atoms with E-state index in [0.29, 0.717) is 35.4 Å². The van der Waals surface area contributed by atoms with Crippen molar-refractivity contribution in [3.05, 3.63) is 98.7 Å². The van der Waals surface area contributed by atoms with Gasteiger partial charge >= 0.3 is 11.7 Å². The van der Waals surface area contributed by atoms with Gasteiger partial charge in [-0.1, -0.05) is 74.4 Å². The van der Waals surface area contributed by atoms with E-state index in [9.17, 15) is 19.5 Å². The first kappa shape index (κ1) is 24.2. The van der Waals surface area contributed by atoms with Crippen molar-refractivity contribution >= 4 is 27.8 Å². The summed E-state index contributed by atoms with van der Waals surface area (Å²) in [5, 5.41) is 16.9. The van der Waals surface area contributed by atoms with Crippen molar-refractivity contribution in [1.29, 1.82) is 0 Å². The molecule has 0 atom stereocenters. The lowest BCUT2D eigenvalue weighted by molar-refractivity contribution is 0.0697. The topological polar surface area (TPSA) is 99.1 Å². The molecule has 0 saturated heterocycles. The third kappa shape index (κ3) is 4.35. The van der Waals surface area contributed by atoms with Crippen LogP contribution in [0.1, 0.15) is 42.1 Å². The lowest BCUT2D eigenvalue weighted by Gasteiger charge is -2.11. The highest BCUT2D eigenvalue weighted by Gasteiger charge is 2.23. The van der Waals surface area contributed by atoms with E-state index in [1.54, 1.807) is 27.4 Å². The summed E-state index contributed by atoms with van der Waals surface area (Å²) in [7, 11) is 1.47. The predicted molar refractivity (Wildman–Crippen MR) is 144 cm³/mol. The van der Waals surface area contributed by atoms with Gasteiger partial charge in [-0.15, -0.1) is 0 Å².